The lowest BCUT2D eigenvalue weighted by Crippen LogP contribution is -2.42. The van der Waals surface area contributed by atoms with E-state index in [-0.39, 0.29) is 11.4 Å². The Labute approximate surface area is 129 Å². The molecule has 2 aliphatic heterocycles. The van der Waals surface area contributed by atoms with Crippen molar-refractivity contribution in [3.8, 4) is 5.75 Å². The molecule has 7 heteroatoms. The maximum absolute atomic E-state index is 12.7. The summed E-state index contributed by atoms with van der Waals surface area (Å²) < 4.78 is 32.3. The molecule has 1 aromatic carbocycles. The van der Waals surface area contributed by atoms with Crippen LogP contribution in [-0.2, 0) is 21.2 Å². The van der Waals surface area contributed by atoms with Crippen molar-refractivity contribution in [2.45, 2.75) is 30.6 Å². The molecule has 22 heavy (non-hydrogen) atoms. The zero-order valence-electron chi connectivity index (χ0n) is 12.2. The normalized spacial score (nSPS) is 22.6. The van der Waals surface area contributed by atoms with Gasteiger partial charge in [0.05, 0.1) is 17.4 Å². The third-order valence-electron chi connectivity index (χ3n) is 4.25. The molecule has 0 spiro atoms. The van der Waals surface area contributed by atoms with E-state index in [4.69, 9.17) is 9.84 Å². The molecule has 2 aliphatic rings. The molecule has 0 bridgehead atoms. The average Bonchev–Trinajstić information content (AvgIpc) is 2.54. The largest absolute Gasteiger partial charge is 0.493 e. The number of piperidine rings is 1. The van der Waals surface area contributed by atoms with E-state index in [1.807, 2.05) is 0 Å². The third kappa shape index (κ3) is 2.83. The number of nitrogens with zero attached hydrogens (tertiary/aromatic N) is 1. The van der Waals surface area contributed by atoms with Gasteiger partial charge in [-0.05, 0) is 49.4 Å². The molecule has 0 aliphatic carbocycles. The zero-order chi connectivity index (χ0) is 15.7. The van der Waals surface area contributed by atoms with Crippen molar-refractivity contribution < 1.29 is 23.1 Å². The van der Waals surface area contributed by atoms with Gasteiger partial charge >= 0.3 is 5.97 Å². The number of hydrogen-bond donors (Lipinski definition) is 1. The van der Waals surface area contributed by atoms with Crippen LogP contribution in [0.5, 0.6) is 5.75 Å². The summed E-state index contributed by atoms with van der Waals surface area (Å²) in [6, 6.07) is 4.90. The van der Waals surface area contributed by atoms with E-state index in [1.165, 1.54) is 4.31 Å². The Balaban J connectivity index is 1.87. The fourth-order valence-corrected chi connectivity index (χ4v) is 4.58. The van der Waals surface area contributed by atoms with Crippen LogP contribution in [0.15, 0.2) is 23.1 Å². The number of aryl methyl sites for hydroxylation is 1. The lowest BCUT2D eigenvalue weighted by molar-refractivity contribution is -0.142. The van der Waals surface area contributed by atoms with Crippen LogP contribution in [-0.4, -0.2) is 43.5 Å². The molecule has 120 valence electrons. The molecule has 0 unspecified atom stereocenters. The number of aliphatic carboxylic acids is 1. The number of carboxylic acid groups (broad SMARTS) is 1. The topological polar surface area (TPSA) is 83.9 Å². The molecular weight excluding hydrogens is 306 g/mol. The van der Waals surface area contributed by atoms with Gasteiger partial charge in [0.25, 0.3) is 0 Å². The van der Waals surface area contributed by atoms with E-state index in [0.29, 0.717) is 26.0 Å². The summed E-state index contributed by atoms with van der Waals surface area (Å²) in [6.07, 6.45) is 2.78. The minimum Gasteiger partial charge on any atom is -0.493 e. The summed E-state index contributed by atoms with van der Waals surface area (Å²) >= 11 is 0. The van der Waals surface area contributed by atoms with E-state index < -0.39 is 21.9 Å². The molecule has 1 aromatic rings. The van der Waals surface area contributed by atoms with Crippen molar-refractivity contribution in [1.82, 2.24) is 4.31 Å². The number of hydrogen-bond acceptors (Lipinski definition) is 4. The summed E-state index contributed by atoms with van der Waals surface area (Å²) in [6.45, 7) is 1.08. The molecule has 0 aromatic heterocycles. The number of fused-ring (bicyclic) bond motifs is 1. The molecular formula is C15H19NO5S. The molecule has 0 saturated carbocycles. The summed E-state index contributed by atoms with van der Waals surface area (Å²) in [5.41, 5.74) is 0.902. The average molecular weight is 325 g/mol. The van der Waals surface area contributed by atoms with Gasteiger partial charge < -0.3 is 9.84 Å². The van der Waals surface area contributed by atoms with Crippen LogP contribution >= 0.6 is 0 Å². The Hall–Kier alpha value is -1.60. The number of rotatable bonds is 3. The monoisotopic (exact) mass is 325 g/mol. The highest BCUT2D eigenvalue weighted by atomic mass is 32.2. The third-order valence-corrected chi connectivity index (χ3v) is 6.11. The first-order valence-corrected chi connectivity index (χ1v) is 8.91. The lowest BCUT2D eigenvalue weighted by Gasteiger charge is -2.30. The number of sulfonamides is 1. The quantitative estimate of drug-likeness (QED) is 0.910. The van der Waals surface area contributed by atoms with Gasteiger partial charge in [0.15, 0.2) is 0 Å². The molecule has 2 heterocycles. The fourth-order valence-electron chi connectivity index (χ4n) is 3.01. The van der Waals surface area contributed by atoms with Crippen LogP contribution in [0.4, 0.5) is 0 Å². The van der Waals surface area contributed by atoms with E-state index >= 15 is 0 Å². The molecule has 1 saturated heterocycles. The van der Waals surface area contributed by atoms with E-state index in [0.717, 1.165) is 24.2 Å². The zero-order valence-corrected chi connectivity index (χ0v) is 13.0. The van der Waals surface area contributed by atoms with Gasteiger partial charge in [-0.25, -0.2) is 8.42 Å². The Morgan fingerprint density at radius 1 is 1.32 bits per heavy atom. The highest BCUT2D eigenvalue weighted by Gasteiger charge is 2.33. The van der Waals surface area contributed by atoms with Crippen LogP contribution in [0.2, 0.25) is 0 Å². The Kier molecular flexibility index (Phi) is 4.10. The minimum absolute atomic E-state index is 0.0469. The molecule has 1 N–H and O–H groups in total. The van der Waals surface area contributed by atoms with Crippen molar-refractivity contribution in [3.05, 3.63) is 23.8 Å². The van der Waals surface area contributed by atoms with Gasteiger partial charge in [-0.1, -0.05) is 0 Å². The Morgan fingerprint density at radius 3 is 2.91 bits per heavy atom. The summed E-state index contributed by atoms with van der Waals surface area (Å²) in [7, 11) is -3.65. The van der Waals surface area contributed by atoms with Crippen LogP contribution < -0.4 is 4.74 Å². The van der Waals surface area contributed by atoms with Crippen molar-refractivity contribution in [2.24, 2.45) is 5.92 Å². The molecule has 1 atom stereocenters. The van der Waals surface area contributed by atoms with Crippen molar-refractivity contribution in [3.63, 3.8) is 0 Å². The molecule has 0 radical (unpaired) electrons. The predicted molar refractivity (Wildman–Crippen MR) is 79.4 cm³/mol. The van der Waals surface area contributed by atoms with E-state index in [1.54, 1.807) is 18.2 Å². The molecule has 6 nitrogen and oxygen atoms in total. The second-order valence-electron chi connectivity index (χ2n) is 5.76. The van der Waals surface area contributed by atoms with Crippen LogP contribution in [0.25, 0.3) is 0 Å². The number of carbonyl (C=O) groups is 1. The van der Waals surface area contributed by atoms with E-state index in [9.17, 15) is 13.2 Å². The second kappa shape index (κ2) is 5.89. The summed E-state index contributed by atoms with van der Waals surface area (Å²) in [5.74, 6) is -0.810. The highest BCUT2D eigenvalue weighted by Crippen LogP contribution is 2.30. The maximum Gasteiger partial charge on any atom is 0.307 e. The number of carboxylic acids is 1. The fraction of sp³-hybridized carbons (Fsp3) is 0.533. The van der Waals surface area contributed by atoms with Crippen LogP contribution in [0.3, 0.4) is 0 Å². The highest BCUT2D eigenvalue weighted by molar-refractivity contribution is 7.89. The Bertz CT molecular complexity index is 685. The standard InChI is InChI=1S/C15H19NO5S/c17-15(18)12-3-1-7-16(10-12)22(19,20)13-5-6-14-11(9-13)4-2-8-21-14/h5-6,9,12H,1-4,7-8,10H2,(H,17,18)/t12-/m1/s1. The molecule has 1 fully saturated rings. The van der Waals surface area contributed by atoms with Gasteiger partial charge in [0.1, 0.15) is 5.75 Å². The van der Waals surface area contributed by atoms with Crippen LogP contribution in [0.1, 0.15) is 24.8 Å². The first kappa shape index (κ1) is 15.3. The summed E-state index contributed by atoms with van der Waals surface area (Å²) in [5, 5.41) is 9.11. The lowest BCUT2D eigenvalue weighted by atomic mass is 10.0. The van der Waals surface area contributed by atoms with E-state index in [2.05, 4.69) is 0 Å². The van der Waals surface area contributed by atoms with Crippen LogP contribution in [0, 0.1) is 5.92 Å². The first-order valence-electron chi connectivity index (χ1n) is 7.47. The smallest absolute Gasteiger partial charge is 0.307 e. The summed E-state index contributed by atoms with van der Waals surface area (Å²) in [4.78, 5) is 11.3. The van der Waals surface area contributed by atoms with Gasteiger partial charge in [0.2, 0.25) is 10.0 Å². The Morgan fingerprint density at radius 2 is 2.14 bits per heavy atom. The predicted octanol–water partition coefficient (Wildman–Crippen LogP) is 1.50. The minimum atomic E-state index is -3.65. The number of benzene rings is 1. The van der Waals surface area contributed by atoms with Gasteiger partial charge in [-0.2, -0.15) is 4.31 Å². The molecule has 3 rings (SSSR count). The number of ether oxygens (including phenoxy) is 1. The van der Waals surface area contributed by atoms with Crippen molar-refractivity contribution in [2.75, 3.05) is 19.7 Å². The SMILES string of the molecule is O=C(O)[C@@H]1CCCN(S(=O)(=O)c2ccc3c(c2)CCCO3)C1. The molecule has 0 amide bonds. The maximum atomic E-state index is 12.7. The second-order valence-corrected chi connectivity index (χ2v) is 7.70. The van der Waals surface area contributed by atoms with Gasteiger partial charge in [-0.3, -0.25) is 4.79 Å². The first-order chi connectivity index (χ1) is 10.5. The van der Waals surface area contributed by atoms with Crippen molar-refractivity contribution in [1.29, 1.82) is 0 Å². The van der Waals surface area contributed by atoms with Gasteiger partial charge in [-0.15, -0.1) is 0 Å². The van der Waals surface area contributed by atoms with Crippen molar-refractivity contribution >= 4 is 16.0 Å². The van der Waals surface area contributed by atoms with Gasteiger partial charge in [0, 0.05) is 13.1 Å².